The number of hydrogen-bond acceptors (Lipinski definition) is 6. The number of aromatic nitrogens is 1. The molecule has 1 saturated heterocycles. The highest BCUT2D eigenvalue weighted by molar-refractivity contribution is 7.13. The number of hydrogen-bond donors (Lipinski definition) is 1. The Labute approximate surface area is 142 Å². The van der Waals surface area contributed by atoms with Crippen molar-refractivity contribution in [1.29, 1.82) is 0 Å². The van der Waals surface area contributed by atoms with Crippen molar-refractivity contribution in [2.24, 2.45) is 5.92 Å². The molecular weight excluding hydrogens is 330 g/mol. The third-order valence-corrected chi connectivity index (χ3v) is 5.01. The second-order valence-electron chi connectivity index (χ2n) is 5.70. The van der Waals surface area contributed by atoms with Gasteiger partial charge >= 0.3 is 0 Å². The van der Waals surface area contributed by atoms with Crippen LogP contribution < -0.4 is 14.8 Å². The zero-order valence-electron chi connectivity index (χ0n) is 12.9. The van der Waals surface area contributed by atoms with Gasteiger partial charge in [-0.05, 0) is 17.7 Å². The van der Waals surface area contributed by atoms with Gasteiger partial charge in [0.2, 0.25) is 18.6 Å². The molecule has 24 heavy (non-hydrogen) atoms. The predicted molar refractivity (Wildman–Crippen MR) is 86.9 cm³/mol. The molecule has 2 atom stereocenters. The van der Waals surface area contributed by atoms with Gasteiger partial charge in [0.15, 0.2) is 16.6 Å². The molecule has 0 unspecified atom stereocenters. The molecule has 0 saturated carbocycles. The van der Waals surface area contributed by atoms with Gasteiger partial charge in [0.05, 0.1) is 12.0 Å². The molecule has 2 aliphatic rings. The summed E-state index contributed by atoms with van der Waals surface area (Å²) in [5.74, 6) is 0.572. The number of anilines is 1. The Morgan fingerprint density at radius 1 is 1.38 bits per heavy atom. The summed E-state index contributed by atoms with van der Waals surface area (Å²) in [7, 11) is 1.72. The summed E-state index contributed by atoms with van der Waals surface area (Å²) in [6.07, 6.45) is 1.80. The average molecular weight is 345 g/mol. The van der Waals surface area contributed by atoms with Gasteiger partial charge in [-0.1, -0.05) is 6.07 Å². The highest BCUT2D eigenvalue weighted by Gasteiger charge is 2.43. The molecule has 1 N–H and O–H groups in total. The standard InChI is InChI=1S/C16H15N3O4S/c1-19-13(20)7-10(15(21)18-16-17-4-5-24-16)14(19)9-2-3-11-12(6-9)23-8-22-11/h2-6,10,14H,7-8H2,1H3,(H,17,18,21)/t10-,14+/m0/s1. The van der Waals surface area contributed by atoms with Gasteiger partial charge in [0.25, 0.3) is 0 Å². The Kier molecular flexibility index (Phi) is 3.61. The van der Waals surface area contributed by atoms with Crippen molar-refractivity contribution in [1.82, 2.24) is 9.88 Å². The topological polar surface area (TPSA) is 80.8 Å². The van der Waals surface area contributed by atoms with Crippen LogP contribution >= 0.6 is 11.3 Å². The van der Waals surface area contributed by atoms with Crippen molar-refractivity contribution >= 4 is 28.3 Å². The maximum Gasteiger partial charge on any atom is 0.232 e. The molecule has 7 nitrogen and oxygen atoms in total. The summed E-state index contributed by atoms with van der Waals surface area (Å²) in [6, 6.07) is 5.18. The maximum atomic E-state index is 12.6. The molecule has 0 spiro atoms. The number of nitrogens with zero attached hydrogens (tertiary/aromatic N) is 2. The molecular formula is C16H15N3O4S. The largest absolute Gasteiger partial charge is 0.454 e. The monoisotopic (exact) mass is 345 g/mol. The number of carbonyl (C=O) groups excluding carboxylic acids is 2. The molecule has 124 valence electrons. The van der Waals surface area contributed by atoms with E-state index in [1.807, 2.05) is 18.2 Å². The third kappa shape index (κ3) is 2.48. The van der Waals surface area contributed by atoms with Gasteiger partial charge in [-0.15, -0.1) is 11.3 Å². The Balaban J connectivity index is 1.63. The molecule has 2 aliphatic heterocycles. The number of fused-ring (bicyclic) bond motifs is 1. The first kappa shape index (κ1) is 14.9. The minimum Gasteiger partial charge on any atom is -0.454 e. The second-order valence-corrected chi connectivity index (χ2v) is 6.59. The van der Waals surface area contributed by atoms with Crippen molar-refractivity contribution in [2.75, 3.05) is 19.2 Å². The van der Waals surface area contributed by atoms with Gasteiger partial charge < -0.3 is 19.7 Å². The molecule has 2 aromatic rings. The molecule has 2 amide bonds. The number of carbonyl (C=O) groups is 2. The lowest BCUT2D eigenvalue weighted by molar-refractivity contribution is -0.127. The first-order valence-electron chi connectivity index (χ1n) is 7.49. The van der Waals surface area contributed by atoms with E-state index in [1.165, 1.54) is 11.3 Å². The van der Waals surface area contributed by atoms with Crippen LogP contribution in [0.15, 0.2) is 29.8 Å². The van der Waals surface area contributed by atoms with Gasteiger partial charge in [-0.3, -0.25) is 9.59 Å². The number of rotatable bonds is 3. The summed E-state index contributed by atoms with van der Waals surface area (Å²) in [6.45, 7) is 0.187. The summed E-state index contributed by atoms with van der Waals surface area (Å²) >= 11 is 1.35. The lowest BCUT2D eigenvalue weighted by Crippen LogP contribution is -2.30. The summed E-state index contributed by atoms with van der Waals surface area (Å²) < 4.78 is 10.7. The molecule has 8 heteroatoms. The lowest BCUT2D eigenvalue weighted by Gasteiger charge is -2.24. The van der Waals surface area contributed by atoms with Crippen LogP contribution in [0.1, 0.15) is 18.0 Å². The van der Waals surface area contributed by atoms with Crippen LogP contribution in [0, 0.1) is 5.92 Å². The molecule has 3 heterocycles. The van der Waals surface area contributed by atoms with Crippen molar-refractivity contribution in [3.8, 4) is 11.5 Å². The fraction of sp³-hybridized carbons (Fsp3) is 0.312. The van der Waals surface area contributed by atoms with Crippen LogP contribution in [-0.4, -0.2) is 35.5 Å². The maximum absolute atomic E-state index is 12.6. The van der Waals surface area contributed by atoms with E-state index in [9.17, 15) is 9.59 Å². The molecule has 1 aromatic heterocycles. The van der Waals surface area contributed by atoms with E-state index in [1.54, 1.807) is 23.5 Å². The van der Waals surface area contributed by atoms with E-state index >= 15 is 0 Å². The van der Waals surface area contributed by atoms with E-state index in [2.05, 4.69) is 10.3 Å². The van der Waals surface area contributed by atoms with Crippen LogP contribution in [0.5, 0.6) is 11.5 Å². The highest BCUT2D eigenvalue weighted by Crippen LogP contribution is 2.41. The number of benzene rings is 1. The first-order valence-corrected chi connectivity index (χ1v) is 8.37. The smallest absolute Gasteiger partial charge is 0.232 e. The van der Waals surface area contributed by atoms with Crippen LogP contribution in [-0.2, 0) is 9.59 Å². The summed E-state index contributed by atoms with van der Waals surface area (Å²) in [4.78, 5) is 30.5. The summed E-state index contributed by atoms with van der Waals surface area (Å²) in [5, 5.41) is 5.11. The van der Waals surface area contributed by atoms with Gasteiger partial charge in [-0.25, -0.2) is 4.98 Å². The van der Waals surface area contributed by atoms with Crippen LogP contribution in [0.25, 0.3) is 0 Å². The lowest BCUT2D eigenvalue weighted by atomic mass is 9.92. The molecule has 4 rings (SSSR count). The van der Waals surface area contributed by atoms with Gasteiger partial charge in [-0.2, -0.15) is 0 Å². The van der Waals surface area contributed by atoms with Gasteiger partial charge in [0, 0.05) is 25.0 Å². The number of ether oxygens (including phenoxy) is 2. The van der Waals surface area contributed by atoms with E-state index in [0.717, 1.165) is 5.56 Å². The summed E-state index contributed by atoms with van der Waals surface area (Å²) in [5.41, 5.74) is 0.854. The Hall–Kier alpha value is -2.61. The number of likely N-dealkylation sites (tertiary alicyclic amines) is 1. The molecule has 1 aromatic carbocycles. The predicted octanol–water partition coefficient (Wildman–Crippen LogP) is 2.03. The third-order valence-electron chi connectivity index (χ3n) is 4.32. The number of amides is 2. The molecule has 0 aliphatic carbocycles. The Bertz CT molecular complexity index is 793. The Morgan fingerprint density at radius 3 is 3.00 bits per heavy atom. The van der Waals surface area contributed by atoms with E-state index in [0.29, 0.717) is 16.6 Å². The number of thiazole rings is 1. The van der Waals surface area contributed by atoms with E-state index < -0.39 is 5.92 Å². The molecule has 1 fully saturated rings. The van der Waals surface area contributed by atoms with Gasteiger partial charge in [0.1, 0.15) is 0 Å². The van der Waals surface area contributed by atoms with Crippen molar-refractivity contribution in [3.05, 3.63) is 35.3 Å². The van der Waals surface area contributed by atoms with Crippen molar-refractivity contribution in [2.45, 2.75) is 12.5 Å². The minimum absolute atomic E-state index is 0.0584. The SMILES string of the molecule is CN1C(=O)C[C@H](C(=O)Nc2nccs2)[C@H]1c1ccc2c(c1)OCO2. The van der Waals surface area contributed by atoms with Crippen molar-refractivity contribution < 1.29 is 19.1 Å². The first-order chi connectivity index (χ1) is 11.6. The Morgan fingerprint density at radius 2 is 2.21 bits per heavy atom. The fourth-order valence-corrected chi connectivity index (χ4v) is 3.67. The van der Waals surface area contributed by atoms with Crippen LogP contribution in [0.2, 0.25) is 0 Å². The normalized spacial score (nSPS) is 22.0. The van der Waals surface area contributed by atoms with Crippen LogP contribution in [0.4, 0.5) is 5.13 Å². The van der Waals surface area contributed by atoms with E-state index in [-0.39, 0.29) is 31.1 Å². The fourth-order valence-electron chi connectivity index (χ4n) is 3.14. The van der Waals surface area contributed by atoms with Crippen LogP contribution in [0.3, 0.4) is 0 Å². The zero-order valence-corrected chi connectivity index (χ0v) is 13.7. The minimum atomic E-state index is -0.480. The molecule has 0 radical (unpaired) electrons. The van der Waals surface area contributed by atoms with E-state index in [4.69, 9.17) is 9.47 Å². The highest BCUT2D eigenvalue weighted by atomic mass is 32.1. The molecule has 0 bridgehead atoms. The van der Waals surface area contributed by atoms with Crippen molar-refractivity contribution in [3.63, 3.8) is 0 Å². The number of nitrogens with one attached hydrogen (secondary N) is 1. The average Bonchev–Trinajstić information content (AvgIpc) is 3.28. The second kappa shape index (κ2) is 5.79. The zero-order chi connectivity index (χ0) is 16.7. The quantitative estimate of drug-likeness (QED) is 0.921.